The zero-order valence-electron chi connectivity index (χ0n) is 14.5. The zero-order chi connectivity index (χ0) is 18.4. The Morgan fingerprint density at radius 1 is 0.923 bits per heavy atom. The maximum atomic E-state index is 12.2. The molecule has 136 valence electrons. The highest BCUT2D eigenvalue weighted by Crippen LogP contribution is 2.14. The number of amides is 1. The standard InChI is InChI=1S/C20H22N2O4/c23-19(24)18-9-5-4-8-17(18)14-21-10-12-22(13-11-21)20(25)26-15-16-6-2-1-3-7-16/h1-9H,10-15H2,(H,23,24). The smallest absolute Gasteiger partial charge is 0.410 e. The Bertz CT molecular complexity index is 755. The topological polar surface area (TPSA) is 70.1 Å². The summed E-state index contributed by atoms with van der Waals surface area (Å²) in [5, 5.41) is 9.28. The highest BCUT2D eigenvalue weighted by atomic mass is 16.6. The lowest BCUT2D eigenvalue weighted by molar-refractivity contribution is 0.0682. The van der Waals surface area contributed by atoms with Gasteiger partial charge in [-0.25, -0.2) is 9.59 Å². The van der Waals surface area contributed by atoms with Crippen LogP contribution in [0, 0.1) is 0 Å². The third-order valence-electron chi connectivity index (χ3n) is 4.48. The third kappa shape index (κ3) is 4.61. The maximum Gasteiger partial charge on any atom is 0.410 e. The Morgan fingerprint density at radius 3 is 2.27 bits per heavy atom. The van der Waals surface area contributed by atoms with Gasteiger partial charge in [-0.3, -0.25) is 4.90 Å². The zero-order valence-corrected chi connectivity index (χ0v) is 14.5. The summed E-state index contributed by atoms with van der Waals surface area (Å²) < 4.78 is 5.36. The molecule has 1 heterocycles. The van der Waals surface area contributed by atoms with Crippen molar-refractivity contribution in [3.05, 3.63) is 71.3 Å². The van der Waals surface area contributed by atoms with Gasteiger partial charge in [-0.1, -0.05) is 48.5 Å². The van der Waals surface area contributed by atoms with Gasteiger partial charge >= 0.3 is 12.1 Å². The predicted molar refractivity (Wildman–Crippen MR) is 96.9 cm³/mol. The van der Waals surface area contributed by atoms with Gasteiger partial charge in [0.05, 0.1) is 5.56 Å². The summed E-state index contributed by atoms with van der Waals surface area (Å²) in [5.41, 5.74) is 2.09. The van der Waals surface area contributed by atoms with Crippen molar-refractivity contribution in [3.8, 4) is 0 Å². The number of hydrogen-bond acceptors (Lipinski definition) is 4. The lowest BCUT2D eigenvalue weighted by atomic mass is 10.1. The van der Waals surface area contributed by atoms with Crippen LogP contribution >= 0.6 is 0 Å². The Morgan fingerprint density at radius 2 is 1.58 bits per heavy atom. The molecule has 0 atom stereocenters. The second kappa shape index (κ2) is 8.49. The number of carboxylic acid groups (broad SMARTS) is 1. The Labute approximate surface area is 152 Å². The third-order valence-corrected chi connectivity index (χ3v) is 4.48. The Kier molecular flexibility index (Phi) is 5.86. The summed E-state index contributed by atoms with van der Waals surface area (Å²) in [7, 11) is 0. The molecule has 0 radical (unpaired) electrons. The number of hydrogen-bond donors (Lipinski definition) is 1. The van der Waals surface area contributed by atoms with Crippen LogP contribution in [-0.4, -0.2) is 53.1 Å². The predicted octanol–water partition coefficient (Wildman–Crippen LogP) is 2.84. The fourth-order valence-electron chi connectivity index (χ4n) is 3.01. The highest BCUT2D eigenvalue weighted by molar-refractivity contribution is 5.89. The first kappa shape index (κ1) is 17.9. The van der Waals surface area contributed by atoms with Crippen LogP contribution in [0.5, 0.6) is 0 Å². The first-order valence-corrected chi connectivity index (χ1v) is 8.62. The van der Waals surface area contributed by atoms with E-state index in [4.69, 9.17) is 4.74 Å². The van der Waals surface area contributed by atoms with E-state index in [1.165, 1.54) is 0 Å². The molecule has 0 aliphatic carbocycles. The molecule has 0 bridgehead atoms. The van der Waals surface area contributed by atoms with Crippen LogP contribution in [0.3, 0.4) is 0 Å². The molecule has 0 aromatic heterocycles. The molecule has 1 amide bonds. The molecular weight excluding hydrogens is 332 g/mol. The number of nitrogens with zero attached hydrogens (tertiary/aromatic N) is 2. The molecule has 26 heavy (non-hydrogen) atoms. The molecule has 0 unspecified atom stereocenters. The van der Waals surface area contributed by atoms with Gasteiger partial charge < -0.3 is 14.7 Å². The van der Waals surface area contributed by atoms with E-state index in [1.54, 1.807) is 17.0 Å². The summed E-state index contributed by atoms with van der Waals surface area (Å²) in [4.78, 5) is 27.3. The van der Waals surface area contributed by atoms with Crippen molar-refractivity contribution in [1.82, 2.24) is 9.80 Å². The quantitative estimate of drug-likeness (QED) is 0.894. The van der Waals surface area contributed by atoms with E-state index >= 15 is 0 Å². The van der Waals surface area contributed by atoms with E-state index in [2.05, 4.69) is 4.90 Å². The number of carbonyl (C=O) groups is 2. The van der Waals surface area contributed by atoms with Crippen LogP contribution in [0.2, 0.25) is 0 Å². The van der Waals surface area contributed by atoms with Crippen LogP contribution < -0.4 is 0 Å². The SMILES string of the molecule is O=C(O)c1ccccc1CN1CCN(C(=O)OCc2ccccc2)CC1. The number of aromatic carboxylic acids is 1. The molecular formula is C20H22N2O4. The minimum absolute atomic E-state index is 0.270. The second-order valence-electron chi connectivity index (χ2n) is 6.27. The van der Waals surface area contributed by atoms with E-state index in [-0.39, 0.29) is 12.7 Å². The molecule has 3 rings (SSSR count). The summed E-state index contributed by atoms with van der Waals surface area (Å²) >= 11 is 0. The van der Waals surface area contributed by atoms with E-state index < -0.39 is 5.97 Å². The molecule has 1 saturated heterocycles. The summed E-state index contributed by atoms with van der Waals surface area (Å²) in [5.74, 6) is -0.913. The van der Waals surface area contributed by atoms with Gasteiger partial charge in [0.15, 0.2) is 0 Å². The van der Waals surface area contributed by atoms with Gasteiger partial charge in [0, 0.05) is 32.7 Å². The van der Waals surface area contributed by atoms with Gasteiger partial charge in [-0.2, -0.15) is 0 Å². The van der Waals surface area contributed by atoms with E-state index in [9.17, 15) is 14.7 Å². The lowest BCUT2D eigenvalue weighted by Crippen LogP contribution is -2.48. The number of carboxylic acids is 1. The monoisotopic (exact) mass is 354 g/mol. The van der Waals surface area contributed by atoms with E-state index in [1.807, 2.05) is 42.5 Å². The second-order valence-corrected chi connectivity index (χ2v) is 6.27. The van der Waals surface area contributed by atoms with Gasteiger partial charge in [0.25, 0.3) is 0 Å². The van der Waals surface area contributed by atoms with Gasteiger partial charge in [0.1, 0.15) is 6.61 Å². The molecule has 1 N–H and O–H groups in total. The van der Waals surface area contributed by atoms with Crippen LogP contribution in [0.25, 0.3) is 0 Å². The maximum absolute atomic E-state index is 12.2. The Hall–Kier alpha value is -2.86. The normalized spacial score (nSPS) is 14.8. The fourth-order valence-corrected chi connectivity index (χ4v) is 3.01. The molecule has 6 heteroatoms. The summed E-state index contributed by atoms with van der Waals surface area (Å²) in [6.07, 6.45) is -0.306. The van der Waals surface area contributed by atoms with Crippen LogP contribution in [0.15, 0.2) is 54.6 Å². The lowest BCUT2D eigenvalue weighted by Gasteiger charge is -2.34. The van der Waals surface area contributed by atoms with Crippen molar-refractivity contribution in [2.24, 2.45) is 0 Å². The Balaban J connectivity index is 1.48. The molecule has 2 aromatic rings. The first-order valence-electron chi connectivity index (χ1n) is 8.62. The largest absolute Gasteiger partial charge is 0.478 e. The molecule has 0 saturated carbocycles. The van der Waals surface area contributed by atoms with Crippen molar-refractivity contribution >= 4 is 12.1 Å². The summed E-state index contributed by atoms with van der Waals surface area (Å²) in [6.45, 7) is 3.36. The van der Waals surface area contributed by atoms with Gasteiger partial charge in [0.2, 0.25) is 0 Å². The molecule has 1 aliphatic heterocycles. The average Bonchev–Trinajstić information content (AvgIpc) is 2.68. The number of benzene rings is 2. The minimum atomic E-state index is -0.913. The first-order chi connectivity index (χ1) is 12.6. The van der Waals surface area contributed by atoms with Crippen LogP contribution in [0.4, 0.5) is 4.79 Å². The molecule has 1 fully saturated rings. The molecule has 0 spiro atoms. The van der Waals surface area contributed by atoms with Crippen molar-refractivity contribution in [2.45, 2.75) is 13.2 Å². The number of piperazine rings is 1. The van der Waals surface area contributed by atoms with Crippen molar-refractivity contribution in [2.75, 3.05) is 26.2 Å². The van der Waals surface area contributed by atoms with Gasteiger partial charge in [-0.15, -0.1) is 0 Å². The van der Waals surface area contributed by atoms with Crippen molar-refractivity contribution in [1.29, 1.82) is 0 Å². The van der Waals surface area contributed by atoms with E-state index in [0.29, 0.717) is 38.3 Å². The van der Waals surface area contributed by atoms with Crippen molar-refractivity contribution < 1.29 is 19.4 Å². The molecule has 2 aromatic carbocycles. The van der Waals surface area contributed by atoms with Gasteiger partial charge in [-0.05, 0) is 17.2 Å². The fraction of sp³-hybridized carbons (Fsp3) is 0.300. The van der Waals surface area contributed by atoms with Crippen molar-refractivity contribution in [3.63, 3.8) is 0 Å². The van der Waals surface area contributed by atoms with Crippen LogP contribution in [0.1, 0.15) is 21.5 Å². The number of carbonyl (C=O) groups excluding carboxylic acids is 1. The number of rotatable bonds is 5. The average molecular weight is 354 g/mol. The number of ether oxygens (including phenoxy) is 1. The highest BCUT2D eigenvalue weighted by Gasteiger charge is 2.23. The summed E-state index contributed by atoms with van der Waals surface area (Å²) in [6, 6.07) is 16.6. The molecule has 6 nitrogen and oxygen atoms in total. The van der Waals surface area contributed by atoms with Crippen LogP contribution in [-0.2, 0) is 17.9 Å². The minimum Gasteiger partial charge on any atom is -0.478 e. The molecule has 1 aliphatic rings. The van der Waals surface area contributed by atoms with E-state index in [0.717, 1.165) is 11.1 Å².